The van der Waals surface area contributed by atoms with Crippen molar-refractivity contribution in [3.05, 3.63) is 12.2 Å². The number of esters is 1. The van der Waals surface area contributed by atoms with Crippen molar-refractivity contribution < 1.29 is 14.6 Å². The normalized spacial score (nSPS) is 19.6. The lowest BCUT2D eigenvalue weighted by Gasteiger charge is -2.26. The van der Waals surface area contributed by atoms with Gasteiger partial charge in [-0.2, -0.15) is 0 Å². The Balaban J connectivity index is 2.25. The molecule has 1 atom stereocenters. The SMILES string of the molecule is C=C(C)C(=O)OCC(O)C1CCCCC1. The lowest BCUT2D eigenvalue weighted by atomic mass is 9.85. The molecular formula is C12H20O3. The third-order valence-electron chi connectivity index (χ3n) is 2.93. The molecule has 0 radical (unpaired) electrons. The molecule has 1 fully saturated rings. The zero-order valence-corrected chi connectivity index (χ0v) is 9.37. The molecule has 15 heavy (non-hydrogen) atoms. The molecule has 0 aromatic rings. The number of carbonyl (C=O) groups excluding carboxylic acids is 1. The van der Waals surface area contributed by atoms with Crippen LogP contribution in [0.4, 0.5) is 0 Å². The summed E-state index contributed by atoms with van der Waals surface area (Å²) in [5.74, 6) is -0.110. The fourth-order valence-electron chi connectivity index (χ4n) is 1.94. The summed E-state index contributed by atoms with van der Waals surface area (Å²) in [5.41, 5.74) is 0.380. The van der Waals surface area contributed by atoms with Gasteiger partial charge in [-0.15, -0.1) is 0 Å². The largest absolute Gasteiger partial charge is 0.460 e. The van der Waals surface area contributed by atoms with Gasteiger partial charge in [-0.3, -0.25) is 0 Å². The standard InChI is InChI=1S/C12H20O3/c1-9(2)12(14)15-8-11(13)10-6-4-3-5-7-10/h10-11,13H,1,3-8H2,2H3. The Kier molecular flexibility index (Phi) is 4.82. The lowest BCUT2D eigenvalue weighted by Crippen LogP contribution is -2.28. The summed E-state index contributed by atoms with van der Waals surface area (Å²) in [5, 5.41) is 9.80. The molecule has 1 N–H and O–H groups in total. The zero-order chi connectivity index (χ0) is 11.3. The van der Waals surface area contributed by atoms with Crippen molar-refractivity contribution in [3.63, 3.8) is 0 Å². The zero-order valence-electron chi connectivity index (χ0n) is 9.37. The van der Waals surface area contributed by atoms with E-state index in [1.54, 1.807) is 6.92 Å². The molecule has 0 saturated heterocycles. The summed E-state index contributed by atoms with van der Waals surface area (Å²) in [6.07, 6.45) is 5.20. The molecule has 0 spiro atoms. The molecule has 1 aliphatic rings. The van der Waals surface area contributed by atoms with Crippen molar-refractivity contribution >= 4 is 5.97 Å². The Morgan fingerprint density at radius 3 is 2.60 bits per heavy atom. The van der Waals surface area contributed by atoms with E-state index in [0.717, 1.165) is 12.8 Å². The van der Waals surface area contributed by atoms with E-state index in [1.807, 2.05) is 0 Å². The third kappa shape index (κ3) is 4.04. The van der Waals surface area contributed by atoms with Gasteiger partial charge >= 0.3 is 5.97 Å². The first-order valence-corrected chi connectivity index (χ1v) is 5.62. The fraction of sp³-hybridized carbons (Fsp3) is 0.750. The molecule has 86 valence electrons. The molecule has 1 aliphatic carbocycles. The number of rotatable bonds is 4. The van der Waals surface area contributed by atoms with Gasteiger partial charge in [0.15, 0.2) is 0 Å². The second kappa shape index (κ2) is 5.91. The van der Waals surface area contributed by atoms with Crippen LogP contribution in [0.1, 0.15) is 39.0 Å². The average molecular weight is 212 g/mol. The highest BCUT2D eigenvalue weighted by atomic mass is 16.5. The van der Waals surface area contributed by atoms with Gasteiger partial charge in [0.05, 0.1) is 6.10 Å². The summed E-state index contributed by atoms with van der Waals surface area (Å²) in [6, 6.07) is 0. The summed E-state index contributed by atoms with van der Waals surface area (Å²) in [7, 11) is 0. The van der Waals surface area contributed by atoms with Crippen molar-refractivity contribution in [1.29, 1.82) is 0 Å². The molecule has 0 aliphatic heterocycles. The van der Waals surface area contributed by atoms with Crippen molar-refractivity contribution in [3.8, 4) is 0 Å². The Bertz CT molecular complexity index is 229. The van der Waals surface area contributed by atoms with Gasteiger partial charge < -0.3 is 9.84 Å². The number of hydrogen-bond acceptors (Lipinski definition) is 3. The Morgan fingerprint density at radius 2 is 2.07 bits per heavy atom. The van der Waals surface area contributed by atoms with E-state index >= 15 is 0 Å². The van der Waals surface area contributed by atoms with Crippen LogP contribution in [-0.4, -0.2) is 23.8 Å². The molecule has 0 bridgehead atoms. The highest BCUT2D eigenvalue weighted by molar-refractivity contribution is 5.86. The van der Waals surface area contributed by atoms with Crippen LogP contribution < -0.4 is 0 Å². The van der Waals surface area contributed by atoms with E-state index in [4.69, 9.17) is 4.74 Å². The Labute approximate surface area is 91.1 Å². The number of aliphatic hydroxyl groups excluding tert-OH is 1. The second-order valence-electron chi connectivity index (χ2n) is 4.34. The third-order valence-corrected chi connectivity index (χ3v) is 2.93. The number of ether oxygens (including phenoxy) is 1. The minimum atomic E-state index is -0.506. The van der Waals surface area contributed by atoms with Gasteiger partial charge in [-0.25, -0.2) is 4.79 Å². The molecule has 3 heteroatoms. The van der Waals surface area contributed by atoms with Gasteiger partial charge in [-0.1, -0.05) is 25.8 Å². The Morgan fingerprint density at radius 1 is 1.47 bits per heavy atom. The van der Waals surface area contributed by atoms with Gasteiger partial charge in [0.1, 0.15) is 6.61 Å². The van der Waals surface area contributed by atoms with Crippen LogP contribution in [-0.2, 0) is 9.53 Å². The first kappa shape index (κ1) is 12.2. The topological polar surface area (TPSA) is 46.5 Å². The van der Waals surface area contributed by atoms with Crippen LogP contribution in [0.5, 0.6) is 0 Å². The molecule has 0 aromatic heterocycles. The van der Waals surface area contributed by atoms with E-state index in [9.17, 15) is 9.90 Å². The van der Waals surface area contributed by atoms with Crippen molar-refractivity contribution in [2.75, 3.05) is 6.61 Å². The predicted octanol–water partition coefficient (Wildman–Crippen LogP) is 2.05. The van der Waals surface area contributed by atoms with Crippen molar-refractivity contribution in [1.82, 2.24) is 0 Å². The molecule has 0 amide bonds. The van der Waals surface area contributed by atoms with E-state index in [0.29, 0.717) is 11.5 Å². The first-order chi connectivity index (χ1) is 7.11. The van der Waals surface area contributed by atoms with Crippen LogP contribution in [0.2, 0.25) is 0 Å². The van der Waals surface area contributed by atoms with Crippen molar-refractivity contribution in [2.45, 2.75) is 45.1 Å². The summed E-state index contributed by atoms with van der Waals surface area (Å²) >= 11 is 0. The number of aliphatic hydroxyl groups is 1. The monoisotopic (exact) mass is 212 g/mol. The molecule has 1 saturated carbocycles. The van der Waals surface area contributed by atoms with Gasteiger partial charge in [0.2, 0.25) is 0 Å². The molecular weight excluding hydrogens is 192 g/mol. The number of hydrogen-bond donors (Lipinski definition) is 1. The van der Waals surface area contributed by atoms with Crippen LogP contribution in [0.3, 0.4) is 0 Å². The maximum Gasteiger partial charge on any atom is 0.333 e. The fourth-order valence-corrected chi connectivity index (χ4v) is 1.94. The predicted molar refractivity (Wildman–Crippen MR) is 58.4 cm³/mol. The first-order valence-electron chi connectivity index (χ1n) is 5.62. The minimum absolute atomic E-state index is 0.108. The summed E-state index contributed by atoms with van der Waals surface area (Å²) in [4.78, 5) is 11.1. The van der Waals surface area contributed by atoms with Gasteiger partial charge in [0.25, 0.3) is 0 Å². The highest BCUT2D eigenvalue weighted by Crippen LogP contribution is 2.26. The molecule has 3 nitrogen and oxygen atoms in total. The highest BCUT2D eigenvalue weighted by Gasteiger charge is 2.22. The molecule has 0 aromatic carbocycles. The average Bonchev–Trinajstić information content (AvgIpc) is 2.26. The van der Waals surface area contributed by atoms with Crippen LogP contribution in [0.15, 0.2) is 12.2 Å². The molecule has 1 rings (SSSR count). The van der Waals surface area contributed by atoms with E-state index in [1.165, 1.54) is 19.3 Å². The van der Waals surface area contributed by atoms with Gasteiger partial charge in [-0.05, 0) is 25.7 Å². The quantitative estimate of drug-likeness (QED) is 0.573. The maximum absolute atomic E-state index is 11.1. The maximum atomic E-state index is 11.1. The molecule has 0 heterocycles. The van der Waals surface area contributed by atoms with Crippen LogP contribution in [0.25, 0.3) is 0 Å². The van der Waals surface area contributed by atoms with E-state index in [-0.39, 0.29) is 6.61 Å². The molecule has 1 unspecified atom stereocenters. The van der Waals surface area contributed by atoms with Crippen LogP contribution >= 0.6 is 0 Å². The van der Waals surface area contributed by atoms with Gasteiger partial charge in [0, 0.05) is 5.57 Å². The van der Waals surface area contributed by atoms with Crippen molar-refractivity contribution in [2.24, 2.45) is 5.92 Å². The number of carbonyl (C=O) groups is 1. The summed E-state index contributed by atoms with van der Waals surface area (Å²) in [6.45, 7) is 5.20. The smallest absolute Gasteiger partial charge is 0.333 e. The van der Waals surface area contributed by atoms with E-state index < -0.39 is 12.1 Å². The van der Waals surface area contributed by atoms with Crippen LogP contribution in [0, 0.1) is 5.92 Å². The Hall–Kier alpha value is -0.830. The van der Waals surface area contributed by atoms with E-state index in [2.05, 4.69) is 6.58 Å². The summed E-state index contributed by atoms with van der Waals surface area (Å²) < 4.78 is 4.93. The second-order valence-corrected chi connectivity index (χ2v) is 4.34. The minimum Gasteiger partial charge on any atom is -0.460 e. The lowest BCUT2D eigenvalue weighted by molar-refractivity contribution is -0.143.